The highest BCUT2D eigenvalue weighted by molar-refractivity contribution is 7.10. The molecule has 0 spiro atoms. The first kappa shape index (κ1) is 17.5. The molecule has 4 nitrogen and oxygen atoms in total. The molecule has 23 heavy (non-hydrogen) atoms. The quantitative estimate of drug-likeness (QED) is 0.746. The van der Waals surface area contributed by atoms with Gasteiger partial charge in [-0.3, -0.25) is 9.59 Å². The first-order valence-electron chi connectivity index (χ1n) is 7.43. The van der Waals surface area contributed by atoms with Gasteiger partial charge in [0.25, 0.3) is 5.91 Å². The fourth-order valence-electron chi connectivity index (χ4n) is 2.08. The van der Waals surface area contributed by atoms with Gasteiger partial charge in [0.1, 0.15) is 0 Å². The standard InChI is InChI=1S/C17H19ClN2O2S/c1-12(15-4-3-11-23-15)20-16(21)5-2-10-19-17(22)13-6-8-14(18)9-7-13/h3-4,6-9,11-12H,2,5,10H2,1H3,(H,19,22)(H,20,21)/t12-/m0/s1. The summed E-state index contributed by atoms with van der Waals surface area (Å²) in [7, 11) is 0. The molecule has 0 fully saturated rings. The highest BCUT2D eigenvalue weighted by atomic mass is 35.5. The molecule has 6 heteroatoms. The third-order valence-electron chi connectivity index (χ3n) is 3.32. The molecule has 0 aliphatic heterocycles. The van der Waals surface area contributed by atoms with Gasteiger partial charge in [0.15, 0.2) is 0 Å². The van der Waals surface area contributed by atoms with Gasteiger partial charge in [-0.1, -0.05) is 17.7 Å². The highest BCUT2D eigenvalue weighted by Gasteiger charge is 2.10. The van der Waals surface area contributed by atoms with E-state index in [1.165, 1.54) is 0 Å². The van der Waals surface area contributed by atoms with Gasteiger partial charge in [0.2, 0.25) is 5.91 Å². The summed E-state index contributed by atoms with van der Waals surface area (Å²) in [5, 5.41) is 8.33. The van der Waals surface area contributed by atoms with E-state index < -0.39 is 0 Å². The second-order valence-corrected chi connectivity index (χ2v) is 6.59. The summed E-state index contributed by atoms with van der Waals surface area (Å²) >= 11 is 7.40. The third kappa shape index (κ3) is 5.69. The molecule has 1 heterocycles. The summed E-state index contributed by atoms with van der Waals surface area (Å²) in [4.78, 5) is 24.9. The second kappa shape index (κ2) is 8.70. The number of rotatable bonds is 7. The Bertz CT molecular complexity index is 641. The maximum Gasteiger partial charge on any atom is 0.251 e. The van der Waals surface area contributed by atoms with Crippen LogP contribution in [0.1, 0.15) is 41.0 Å². The van der Waals surface area contributed by atoms with Gasteiger partial charge in [-0.15, -0.1) is 11.3 Å². The highest BCUT2D eigenvalue weighted by Crippen LogP contribution is 2.18. The predicted molar refractivity (Wildman–Crippen MR) is 93.9 cm³/mol. The Balaban J connectivity index is 1.65. The minimum absolute atomic E-state index is 0.00774. The summed E-state index contributed by atoms with van der Waals surface area (Å²) in [5.41, 5.74) is 0.560. The first-order chi connectivity index (χ1) is 11.1. The number of carbonyl (C=O) groups excluding carboxylic acids is 2. The van der Waals surface area contributed by atoms with E-state index in [1.807, 2.05) is 24.4 Å². The minimum atomic E-state index is -0.158. The van der Waals surface area contributed by atoms with E-state index in [0.29, 0.717) is 30.0 Å². The molecule has 0 aliphatic rings. The van der Waals surface area contributed by atoms with Crippen molar-refractivity contribution < 1.29 is 9.59 Å². The van der Waals surface area contributed by atoms with Gasteiger partial charge < -0.3 is 10.6 Å². The Morgan fingerprint density at radius 2 is 1.96 bits per heavy atom. The number of thiophene rings is 1. The molecule has 2 N–H and O–H groups in total. The molecule has 2 amide bonds. The molecule has 0 aliphatic carbocycles. The lowest BCUT2D eigenvalue weighted by molar-refractivity contribution is -0.121. The fraction of sp³-hybridized carbons (Fsp3) is 0.294. The van der Waals surface area contributed by atoms with Gasteiger partial charge in [-0.25, -0.2) is 0 Å². The maximum absolute atomic E-state index is 11.9. The van der Waals surface area contributed by atoms with E-state index in [9.17, 15) is 9.59 Å². The number of hydrogen-bond donors (Lipinski definition) is 2. The van der Waals surface area contributed by atoms with Crippen molar-refractivity contribution in [3.63, 3.8) is 0 Å². The normalized spacial score (nSPS) is 11.7. The van der Waals surface area contributed by atoms with E-state index >= 15 is 0 Å². The number of halogens is 1. The number of hydrogen-bond acceptors (Lipinski definition) is 3. The molecule has 2 rings (SSSR count). The van der Waals surface area contributed by atoms with Gasteiger partial charge in [-0.05, 0) is 49.1 Å². The Hall–Kier alpha value is -1.85. The largest absolute Gasteiger partial charge is 0.352 e. The molecular weight excluding hydrogens is 332 g/mol. The second-order valence-electron chi connectivity index (χ2n) is 5.17. The van der Waals surface area contributed by atoms with E-state index in [-0.39, 0.29) is 17.9 Å². The molecule has 0 unspecified atom stereocenters. The van der Waals surface area contributed by atoms with Crippen molar-refractivity contribution >= 4 is 34.8 Å². The van der Waals surface area contributed by atoms with Crippen LogP contribution in [0.4, 0.5) is 0 Å². The molecule has 1 aromatic heterocycles. The number of benzene rings is 1. The molecule has 2 aromatic rings. The van der Waals surface area contributed by atoms with Crippen LogP contribution in [0.5, 0.6) is 0 Å². The zero-order chi connectivity index (χ0) is 16.7. The molecule has 0 saturated carbocycles. The Morgan fingerprint density at radius 1 is 1.22 bits per heavy atom. The lowest BCUT2D eigenvalue weighted by atomic mass is 10.2. The fourth-order valence-corrected chi connectivity index (χ4v) is 2.94. The van der Waals surface area contributed by atoms with Crippen molar-refractivity contribution in [2.75, 3.05) is 6.54 Å². The average Bonchev–Trinajstić information content (AvgIpc) is 3.06. The topological polar surface area (TPSA) is 58.2 Å². The molecule has 1 atom stereocenters. The zero-order valence-electron chi connectivity index (χ0n) is 12.8. The molecular formula is C17H19ClN2O2S. The van der Waals surface area contributed by atoms with Crippen LogP contribution in [0.3, 0.4) is 0 Å². The van der Waals surface area contributed by atoms with E-state index in [0.717, 1.165) is 4.88 Å². The van der Waals surface area contributed by atoms with Gasteiger partial charge >= 0.3 is 0 Å². The summed E-state index contributed by atoms with van der Waals surface area (Å²) in [6.07, 6.45) is 0.985. The summed E-state index contributed by atoms with van der Waals surface area (Å²) in [5.74, 6) is -0.166. The Labute approximate surface area is 144 Å². The third-order valence-corrected chi connectivity index (χ3v) is 4.63. The van der Waals surface area contributed by atoms with Gasteiger partial charge in [0.05, 0.1) is 6.04 Å². The zero-order valence-corrected chi connectivity index (χ0v) is 14.4. The van der Waals surface area contributed by atoms with Crippen molar-refractivity contribution in [2.24, 2.45) is 0 Å². The Morgan fingerprint density at radius 3 is 2.61 bits per heavy atom. The predicted octanol–water partition coefficient (Wildman–Crippen LogP) is 3.79. The molecule has 0 radical (unpaired) electrons. The SMILES string of the molecule is C[C@H](NC(=O)CCCNC(=O)c1ccc(Cl)cc1)c1cccs1. The number of nitrogens with one attached hydrogen (secondary N) is 2. The number of amides is 2. The first-order valence-corrected chi connectivity index (χ1v) is 8.68. The van der Waals surface area contributed by atoms with Crippen LogP contribution in [0, 0.1) is 0 Å². The maximum atomic E-state index is 11.9. The molecule has 122 valence electrons. The molecule has 1 aromatic carbocycles. The van der Waals surface area contributed by atoms with E-state index in [4.69, 9.17) is 11.6 Å². The Kier molecular flexibility index (Phi) is 6.62. The van der Waals surface area contributed by atoms with Crippen molar-refractivity contribution in [2.45, 2.75) is 25.8 Å². The van der Waals surface area contributed by atoms with Crippen LogP contribution in [-0.2, 0) is 4.79 Å². The van der Waals surface area contributed by atoms with Crippen molar-refractivity contribution in [3.8, 4) is 0 Å². The minimum Gasteiger partial charge on any atom is -0.352 e. The lowest BCUT2D eigenvalue weighted by Crippen LogP contribution is -2.28. The number of carbonyl (C=O) groups is 2. The summed E-state index contributed by atoms with van der Waals surface area (Å²) in [6.45, 7) is 2.42. The van der Waals surface area contributed by atoms with Gasteiger partial charge in [-0.2, -0.15) is 0 Å². The van der Waals surface area contributed by atoms with Crippen molar-refractivity contribution in [1.29, 1.82) is 0 Å². The smallest absolute Gasteiger partial charge is 0.251 e. The van der Waals surface area contributed by atoms with E-state index in [2.05, 4.69) is 10.6 Å². The van der Waals surface area contributed by atoms with Crippen LogP contribution in [0.2, 0.25) is 5.02 Å². The molecule has 0 saturated heterocycles. The summed E-state index contributed by atoms with van der Waals surface area (Å²) in [6, 6.07) is 10.7. The average molecular weight is 351 g/mol. The monoisotopic (exact) mass is 350 g/mol. The van der Waals surface area contributed by atoms with Crippen LogP contribution in [0.15, 0.2) is 41.8 Å². The summed E-state index contributed by atoms with van der Waals surface area (Å²) < 4.78 is 0. The van der Waals surface area contributed by atoms with Crippen LogP contribution < -0.4 is 10.6 Å². The van der Waals surface area contributed by atoms with Crippen molar-refractivity contribution in [1.82, 2.24) is 10.6 Å². The van der Waals surface area contributed by atoms with Crippen LogP contribution >= 0.6 is 22.9 Å². The van der Waals surface area contributed by atoms with Crippen molar-refractivity contribution in [3.05, 3.63) is 57.2 Å². The molecule has 0 bridgehead atoms. The van der Waals surface area contributed by atoms with Gasteiger partial charge in [0, 0.05) is 28.4 Å². The van der Waals surface area contributed by atoms with E-state index in [1.54, 1.807) is 35.6 Å². The lowest BCUT2D eigenvalue weighted by Gasteiger charge is -2.12. The van der Waals surface area contributed by atoms with Crippen LogP contribution in [0.25, 0.3) is 0 Å². The van der Waals surface area contributed by atoms with Crippen LogP contribution in [-0.4, -0.2) is 18.4 Å².